The number of aliphatic imine (C=N–C) groups is 1. The van der Waals surface area contributed by atoms with E-state index in [9.17, 15) is 0 Å². The molecule has 9 rings (SSSR count). The summed E-state index contributed by atoms with van der Waals surface area (Å²) in [6, 6.07) is 35.3. The highest BCUT2D eigenvalue weighted by molar-refractivity contribution is 6.19. The molecule has 2 heterocycles. The van der Waals surface area contributed by atoms with Crippen LogP contribution >= 0.6 is 0 Å². The number of anilines is 1. The molecule has 3 nitrogen and oxygen atoms in total. The van der Waals surface area contributed by atoms with Gasteiger partial charge in [-0.15, -0.1) is 0 Å². The van der Waals surface area contributed by atoms with Gasteiger partial charge in [-0.1, -0.05) is 115 Å². The SMILES string of the molecule is C1=CCCCC(C2N=C(c3cccc(-c4c5ccc6c(c5nc5c4ccc4ccccc45)C=CCC6)c3)Nc3ccccc32)=C1. The minimum atomic E-state index is 0.0103. The van der Waals surface area contributed by atoms with E-state index in [1.165, 1.54) is 54.9 Å². The van der Waals surface area contributed by atoms with Gasteiger partial charge in [0.25, 0.3) is 0 Å². The van der Waals surface area contributed by atoms with E-state index < -0.39 is 0 Å². The summed E-state index contributed by atoms with van der Waals surface area (Å²) in [6.45, 7) is 0. The summed E-state index contributed by atoms with van der Waals surface area (Å²) in [4.78, 5) is 10.8. The predicted molar refractivity (Wildman–Crippen MR) is 190 cm³/mol. The molecule has 1 aliphatic heterocycles. The van der Waals surface area contributed by atoms with Crippen LogP contribution in [0.5, 0.6) is 0 Å². The minimum absolute atomic E-state index is 0.0103. The Morgan fingerprint density at radius 1 is 0.689 bits per heavy atom. The molecule has 0 amide bonds. The molecule has 1 unspecified atom stereocenters. The zero-order valence-electron chi connectivity index (χ0n) is 25.1. The molecule has 0 saturated carbocycles. The van der Waals surface area contributed by atoms with Gasteiger partial charge < -0.3 is 5.32 Å². The molecule has 0 fully saturated rings. The molecule has 0 saturated heterocycles. The number of hydrogen-bond donors (Lipinski definition) is 1. The average molecular weight is 580 g/mol. The maximum Gasteiger partial charge on any atom is 0.133 e. The van der Waals surface area contributed by atoms with Crippen molar-refractivity contribution in [2.45, 2.75) is 38.1 Å². The molecule has 6 aromatic rings. The van der Waals surface area contributed by atoms with Gasteiger partial charge in [0.15, 0.2) is 0 Å². The summed E-state index contributed by atoms with van der Waals surface area (Å²) < 4.78 is 0. The quantitative estimate of drug-likeness (QED) is 0.167. The Hall–Kier alpha value is -5.28. The highest BCUT2D eigenvalue weighted by Gasteiger charge is 2.26. The number of rotatable bonds is 3. The third-order valence-electron chi connectivity index (χ3n) is 9.66. The first-order chi connectivity index (χ1) is 22.3. The molecule has 0 radical (unpaired) electrons. The van der Waals surface area contributed by atoms with Gasteiger partial charge >= 0.3 is 0 Å². The third-order valence-corrected chi connectivity index (χ3v) is 9.66. The fourth-order valence-corrected chi connectivity index (χ4v) is 7.44. The molecule has 2 aliphatic carbocycles. The Labute approximate surface area is 263 Å². The first-order valence-electron chi connectivity index (χ1n) is 16.2. The van der Waals surface area contributed by atoms with Crippen LogP contribution in [0.15, 0.2) is 132 Å². The van der Waals surface area contributed by atoms with Crippen LogP contribution in [0, 0.1) is 0 Å². The minimum Gasteiger partial charge on any atom is -0.340 e. The van der Waals surface area contributed by atoms with Crippen molar-refractivity contribution in [1.29, 1.82) is 0 Å². The number of benzene rings is 5. The molecule has 1 atom stereocenters. The first-order valence-corrected chi connectivity index (χ1v) is 16.2. The van der Waals surface area contributed by atoms with Gasteiger partial charge in [0.05, 0.1) is 11.0 Å². The number of pyridine rings is 1. The summed E-state index contributed by atoms with van der Waals surface area (Å²) in [5.41, 5.74) is 12.0. The van der Waals surface area contributed by atoms with E-state index in [-0.39, 0.29) is 6.04 Å². The molecule has 1 N–H and O–H groups in total. The van der Waals surface area contributed by atoms with Crippen LogP contribution in [-0.4, -0.2) is 10.8 Å². The first kappa shape index (κ1) is 26.2. The molecular formula is C42H33N3. The van der Waals surface area contributed by atoms with Gasteiger partial charge in [-0.25, -0.2) is 4.98 Å². The summed E-state index contributed by atoms with van der Waals surface area (Å²) >= 11 is 0. The molecule has 216 valence electrons. The van der Waals surface area contributed by atoms with Crippen LogP contribution in [0.4, 0.5) is 5.69 Å². The Morgan fingerprint density at radius 3 is 2.56 bits per heavy atom. The lowest BCUT2D eigenvalue weighted by molar-refractivity contribution is 0.737. The topological polar surface area (TPSA) is 37.3 Å². The normalized spacial score (nSPS) is 17.4. The summed E-state index contributed by atoms with van der Waals surface area (Å²) in [5.74, 6) is 0.920. The number of amidine groups is 1. The van der Waals surface area contributed by atoms with Crippen LogP contribution in [0.1, 0.15) is 54.0 Å². The molecule has 0 bridgehead atoms. The van der Waals surface area contributed by atoms with Crippen LogP contribution < -0.4 is 5.32 Å². The van der Waals surface area contributed by atoms with Gasteiger partial charge in [0.1, 0.15) is 11.9 Å². The van der Waals surface area contributed by atoms with Crippen LogP contribution in [-0.2, 0) is 6.42 Å². The van der Waals surface area contributed by atoms with Gasteiger partial charge in [-0.2, -0.15) is 0 Å². The highest BCUT2D eigenvalue weighted by atomic mass is 15.0. The summed E-state index contributed by atoms with van der Waals surface area (Å²) in [5, 5.41) is 8.47. The lowest BCUT2D eigenvalue weighted by Crippen LogP contribution is -2.22. The fraction of sp³-hybridized carbons (Fsp3) is 0.143. The van der Waals surface area contributed by atoms with E-state index in [1.54, 1.807) is 0 Å². The van der Waals surface area contributed by atoms with E-state index in [0.29, 0.717) is 0 Å². The Bertz CT molecular complexity index is 2280. The van der Waals surface area contributed by atoms with Gasteiger partial charge in [-0.05, 0) is 66.3 Å². The van der Waals surface area contributed by atoms with E-state index in [0.717, 1.165) is 60.2 Å². The lowest BCUT2D eigenvalue weighted by atomic mass is 9.88. The van der Waals surface area contributed by atoms with Crippen molar-refractivity contribution >= 4 is 50.2 Å². The molecule has 1 aromatic heterocycles. The van der Waals surface area contributed by atoms with Gasteiger partial charge in [-0.3, -0.25) is 4.99 Å². The summed E-state index contributed by atoms with van der Waals surface area (Å²) in [6.07, 6.45) is 16.8. The maximum absolute atomic E-state index is 5.41. The van der Waals surface area contributed by atoms with Gasteiger partial charge in [0, 0.05) is 44.1 Å². The zero-order chi connectivity index (χ0) is 29.7. The van der Waals surface area contributed by atoms with Crippen molar-refractivity contribution < 1.29 is 0 Å². The second-order valence-electron chi connectivity index (χ2n) is 12.4. The van der Waals surface area contributed by atoms with Crippen molar-refractivity contribution in [2.75, 3.05) is 5.32 Å². The predicted octanol–water partition coefficient (Wildman–Crippen LogP) is 10.7. The number of hydrogen-bond acceptors (Lipinski definition) is 3. The van der Waals surface area contributed by atoms with Crippen LogP contribution in [0.3, 0.4) is 0 Å². The molecule has 0 spiro atoms. The fourth-order valence-electron chi connectivity index (χ4n) is 7.44. The monoisotopic (exact) mass is 579 g/mol. The number of nitrogens with zero attached hydrogens (tertiary/aromatic N) is 2. The van der Waals surface area contributed by atoms with Gasteiger partial charge in [0.2, 0.25) is 0 Å². The van der Waals surface area contributed by atoms with Crippen molar-refractivity contribution in [2.24, 2.45) is 4.99 Å². The number of para-hydroxylation sites is 1. The van der Waals surface area contributed by atoms with E-state index in [2.05, 4.69) is 133 Å². The van der Waals surface area contributed by atoms with Crippen LogP contribution in [0.25, 0.3) is 49.8 Å². The number of nitrogens with one attached hydrogen (secondary N) is 1. The van der Waals surface area contributed by atoms with E-state index in [1.807, 2.05) is 0 Å². The zero-order valence-corrected chi connectivity index (χ0v) is 25.1. The molecule has 5 aromatic carbocycles. The van der Waals surface area contributed by atoms with E-state index >= 15 is 0 Å². The molecule has 45 heavy (non-hydrogen) atoms. The maximum atomic E-state index is 5.41. The largest absolute Gasteiger partial charge is 0.340 e. The second-order valence-corrected chi connectivity index (χ2v) is 12.4. The van der Waals surface area contributed by atoms with Crippen molar-refractivity contribution in [3.63, 3.8) is 0 Å². The van der Waals surface area contributed by atoms with Crippen molar-refractivity contribution in [1.82, 2.24) is 4.98 Å². The molecular weight excluding hydrogens is 546 g/mol. The number of allylic oxidation sites excluding steroid dienone is 4. The Balaban J connectivity index is 1.26. The third kappa shape index (κ3) is 4.42. The van der Waals surface area contributed by atoms with Crippen molar-refractivity contribution in [3.8, 4) is 11.1 Å². The van der Waals surface area contributed by atoms with E-state index in [4.69, 9.17) is 9.98 Å². The number of aromatic nitrogens is 1. The molecule has 3 aliphatic rings. The lowest BCUT2D eigenvalue weighted by Gasteiger charge is -2.27. The van der Waals surface area contributed by atoms with Crippen molar-refractivity contribution in [3.05, 3.63) is 149 Å². The summed E-state index contributed by atoms with van der Waals surface area (Å²) in [7, 11) is 0. The Morgan fingerprint density at radius 2 is 1.56 bits per heavy atom. The molecule has 3 heteroatoms. The smallest absolute Gasteiger partial charge is 0.133 e. The van der Waals surface area contributed by atoms with Crippen LogP contribution in [0.2, 0.25) is 0 Å². The highest BCUT2D eigenvalue weighted by Crippen LogP contribution is 2.42. The average Bonchev–Trinajstić information content (AvgIpc) is 3.40. The second kappa shape index (κ2) is 10.7. The standard InChI is InChI=1S/C42H33N3/c1-2-4-15-29(14-3-1)39-34-20-9-10-21-37(34)43-42(45-39)31-17-11-16-30(26-31)38-35-24-22-27-12-5-7-18-32(27)40(35)44-41-33-19-8-6-13-28(33)23-25-36(38)41/h1,3,5,7-12,14,16-26,39H,2,4,6,13,15H2,(H,43,45). The number of aryl methyl sites for hydroxylation is 1. The number of fused-ring (bicyclic) bond motifs is 7. The Kier molecular flexibility index (Phi) is 6.22.